The SMILES string of the molecule is CCOC(=O)[C@@H]1[C@@H]2CCC3(S2)C(C(=O)Nc2ccc(N(CC)CC)cc2)N(CCCCO)C(=O)[C@H]13. The number of carbonyl (C=O) groups is 3. The number of carbonyl (C=O) groups excluding carboxylic acids is 3. The van der Waals surface area contributed by atoms with Crippen molar-refractivity contribution < 1.29 is 24.2 Å². The molecule has 2 amide bonds. The molecule has 3 saturated heterocycles. The monoisotopic (exact) mass is 503 g/mol. The minimum Gasteiger partial charge on any atom is -0.466 e. The Kier molecular flexibility index (Phi) is 7.96. The van der Waals surface area contributed by atoms with Gasteiger partial charge in [-0.2, -0.15) is 0 Å². The van der Waals surface area contributed by atoms with Gasteiger partial charge in [0.05, 0.1) is 23.2 Å². The molecule has 0 radical (unpaired) electrons. The van der Waals surface area contributed by atoms with Gasteiger partial charge in [0.25, 0.3) is 0 Å². The van der Waals surface area contributed by atoms with Gasteiger partial charge in [-0.3, -0.25) is 14.4 Å². The first-order valence-corrected chi connectivity index (χ1v) is 13.7. The zero-order valence-corrected chi connectivity index (χ0v) is 21.7. The standard InChI is InChI=1S/C26H37N3O5S/c1-4-28(5-2)18-11-9-17(10-12-18)27-23(31)22-26-14-13-19(35-26)20(25(33)34-6-3)21(26)24(32)29(22)15-7-8-16-30/h9-12,19-22,30H,4-8,13-16H2,1-3H3,(H,27,31)/t19-,20+,21-,22?,26?/m0/s1. The predicted octanol–water partition coefficient (Wildman–Crippen LogP) is 2.90. The number of benzene rings is 1. The van der Waals surface area contributed by atoms with Crippen LogP contribution in [0.1, 0.15) is 46.5 Å². The fourth-order valence-corrected chi connectivity index (χ4v) is 8.36. The summed E-state index contributed by atoms with van der Waals surface area (Å²) in [4.78, 5) is 44.2. The van der Waals surface area contributed by atoms with Gasteiger partial charge in [-0.25, -0.2) is 0 Å². The van der Waals surface area contributed by atoms with Crippen LogP contribution in [0.25, 0.3) is 0 Å². The minimum absolute atomic E-state index is 0.00578. The van der Waals surface area contributed by atoms with Crippen molar-refractivity contribution in [2.75, 3.05) is 43.1 Å². The molecule has 0 aromatic heterocycles. The molecule has 8 nitrogen and oxygen atoms in total. The number of hydrogen-bond donors (Lipinski definition) is 2. The van der Waals surface area contributed by atoms with Crippen molar-refractivity contribution in [1.82, 2.24) is 4.90 Å². The van der Waals surface area contributed by atoms with Gasteiger partial charge >= 0.3 is 5.97 Å². The van der Waals surface area contributed by atoms with Crippen LogP contribution in [-0.4, -0.2) is 76.7 Å². The smallest absolute Gasteiger partial charge is 0.310 e. The van der Waals surface area contributed by atoms with Gasteiger partial charge in [0.2, 0.25) is 11.8 Å². The zero-order valence-electron chi connectivity index (χ0n) is 20.9. The van der Waals surface area contributed by atoms with Crippen molar-refractivity contribution >= 4 is 40.9 Å². The first kappa shape index (κ1) is 25.8. The van der Waals surface area contributed by atoms with E-state index >= 15 is 0 Å². The molecular formula is C26H37N3O5S. The number of esters is 1. The quantitative estimate of drug-likeness (QED) is 0.354. The summed E-state index contributed by atoms with van der Waals surface area (Å²) >= 11 is 1.64. The fraction of sp³-hybridized carbons (Fsp3) is 0.654. The van der Waals surface area contributed by atoms with Crippen molar-refractivity contribution in [3.63, 3.8) is 0 Å². The summed E-state index contributed by atoms with van der Waals surface area (Å²) in [6.45, 7) is 8.48. The Balaban J connectivity index is 1.60. The van der Waals surface area contributed by atoms with Crippen LogP contribution < -0.4 is 10.2 Å². The maximum Gasteiger partial charge on any atom is 0.310 e. The number of amides is 2. The summed E-state index contributed by atoms with van der Waals surface area (Å²) in [5, 5.41) is 12.3. The van der Waals surface area contributed by atoms with Crippen LogP contribution in [0.3, 0.4) is 0 Å². The summed E-state index contributed by atoms with van der Waals surface area (Å²) in [5.41, 5.74) is 1.78. The van der Waals surface area contributed by atoms with Gasteiger partial charge in [0, 0.05) is 42.9 Å². The Hall–Kier alpha value is -2.26. The van der Waals surface area contributed by atoms with Gasteiger partial charge in [0.15, 0.2) is 0 Å². The largest absolute Gasteiger partial charge is 0.466 e. The van der Waals surface area contributed by atoms with E-state index in [2.05, 4.69) is 24.1 Å². The number of thioether (sulfide) groups is 1. The Morgan fingerprint density at radius 3 is 2.54 bits per heavy atom. The van der Waals surface area contributed by atoms with Gasteiger partial charge in [-0.15, -0.1) is 11.8 Å². The van der Waals surface area contributed by atoms with Crippen LogP contribution in [0.4, 0.5) is 11.4 Å². The molecular weight excluding hydrogens is 466 g/mol. The highest BCUT2D eigenvalue weighted by molar-refractivity contribution is 8.02. The lowest BCUT2D eigenvalue weighted by atomic mass is 9.71. The highest BCUT2D eigenvalue weighted by Gasteiger charge is 2.73. The molecule has 0 saturated carbocycles. The highest BCUT2D eigenvalue weighted by atomic mass is 32.2. The Bertz CT molecular complexity index is 937. The number of fused-ring (bicyclic) bond motifs is 1. The van der Waals surface area contributed by atoms with Crippen LogP contribution >= 0.6 is 11.8 Å². The molecule has 2 bridgehead atoms. The second-order valence-corrected chi connectivity index (χ2v) is 11.1. The fourth-order valence-electron chi connectivity index (χ4n) is 6.15. The molecule has 9 heteroatoms. The number of nitrogens with zero attached hydrogens (tertiary/aromatic N) is 2. The second kappa shape index (κ2) is 10.8. The van der Waals surface area contributed by atoms with Crippen LogP contribution in [0.5, 0.6) is 0 Å². The van der Waals surface area contributed by atoms with Crippen LogP contribution in [0, 0.1) is 11.8 Å². The Morgan fingerprint density at radius 1 is 1.20 bits per heavy atom. The molecule has 5 atom stereocenters. The van der Waals surface area contributed by atoms with E-state index in [0.29, 0.717) is 25.1 Å². The first-order valence-electron chi connectivity index (χ1n) is 12.8. The van der Waals surface area contributed by atoms with E-state index in [-0.39, 0.29) is 36.2 Å². The van der Waals surface area contributed by atoms with E-state index in [0.717, 1.165) is 31.6 Å². The Labute approximate surface area is 211 Å². The van der Waals surface area contributed by atoms with Crippen molar-refractivity contribution in [3.8, 4) is 0 Å². The summed E-state index contributed by atoms with van der Waals surface area (Å²) in [5.74, 6) is -1.72. The van der Waals surface area contributed by atoms with Gasteiger partial charge < -0.3 is 25.0 Å². The number of aliphatic hydroxyl groups excluding tert-OH is 1. The lowest BCUT2D eigenvalue weighted by Crippen LogP contribution is -2.51. The van der Waals surface area contributed by atoms with E-state index in [1.54, 1.807) is 23.6 Å². The summed E-state index contributed by atoms with van der Waals surface area (Å²) in [6.07, 6.45) is 2.68. The second-order valence-electron chi connectivity index (χ2n) is 9.48. The van der Waals surface area contributed by atoms with E-state index in [1.807, 2.05) is 24.3 Å². The Morgan fingerprint density at radius 2 is 1.91 bits per heavy atom. The van der Waals surface area contributed by atoms with Gasteiger partial charge in [-0.05, 0) is 70.7 Å². The number of likely N-dealkylation sites (tertiary alicyclic amines) is 1. The van der Waals surface area contributed by atoms with E-state index in [1.165, 1.54) is 0 Å². The van der Waals surface area contributed by atoms with Gasteiger partial charge in [-0.1, -0.05) is 0 Å². The normalized spacial score (nSPS) is 28.8. The summed E-state index contributed by atoms with van der Waals surface area (Å²) in [6, 6.07) is 7.13. The number of rotatable bonds is 11. The maximum absolute atomic E-state index is 13.8. The number of anilines is 2. The third-order valence-corrected chi connectivity index (χ3v) is 9.63. The highest BCUT2D eigenvalue weighted by Crippen LogP contribution is 2.66. The van der Waals surface area contributed by atoms with Crippen molar-refractivity contribution in [2.45, 2.75) is 62.5 Å². The molecule has 3 fully saturated rings. The van der Waals surface area contributed by atoms with E-state index in [4.69, 9.17) is 4.74 Å². The molecule has 35 heavy (non-hydrogen) atoms. The van der Waals surface area contributed by atoms with Crippen molar-refractivity contribution in [1.29, 1.82) is 0 Å². The third-order valence-electron chi connectivity index (χ3n) is 7.68. The molecule has 192 valence electrons. The van der Waals surface area contributed by atoms with Crippen LogP contribution in [-0.2, 0) is 19.1 Å². The van der Waals surface area contributed by atoms with E-state index < -0.39 is 22.6 Å². The first-order chi connectivity index (χ1) is 16.9. The maximum atomic E-state index is 13.8. The molecule has 1 aromatic rings. The van der Waals surface area contributed by atoms with Gasteiger partial charge in [0.1, 0.15) is 6.04 Å². The molecule has 3 aliphatic heterocycles. The van der Waals surface area contributed by atoms with Crippen LogP contribution in [0.2, 0.25) is 0 Å². The molecule has 3 aliphatic rings. The molecule has 1 spiro atoms. The third kappa shape index (κ3) is 4.53. The zero-order chi connectivity index (χ0) is 25.2. The number of nitrogens with one attached hydrogen (secondary N) is 1. The van der Waals surface area contributed by atoms with Crippen molar-refractivity contribution in [3.05, 3.63) is 24.3 Å². The van der Waals surface area contributed by atoms with Crippen molar-refractivity contribution in [2.24, 2.45) is 11.8 Å². The summed E-state index contributed by atoms with van der Waals surface area (Å²) < 4.78 is 4.72. The molecule has 0 aliphatic carbocycles. The lowest BCUT2D eigenvalue weighted by molar-refractivity contribution is -0.153. The molecule has 4 rings (SSSR count). The minimum atomic E-state index is -0.657. The predicted molar refractivity (Wildman–Crippen MR) is 137 cm³/mol. The molecule has 2 unspecified atom stereocenters. The van der Waals surface area contributed by atoms with E-state index in [9.17, 15) is 19.5 Å². The number of aliphatic hydroxyl groups is 1. The lowest BCUT2D eigenvalue weighted by Gasteiger charge is -2.34. The molecule has 2 N–H and O–H groups in total. The average molecular weight is 504 g/mol. The number of hydrogen-bond acceptors (Lipinski definition) is 7. The average Bonchev–Trinajstić information content (AvgIpc) is 3.49. The molecule has 3 heterocycles. The molecule has 1 aromatic carbocycles. The summed E-state index contributed by atoms with van der Waals surface area (Å²) in [7, 11) is 0. The topological polar surface area (TPSA) is 99.2 Å². The number of unbranched alkanes of at least 4 members (excludes halogenated alkanes) is 1. The number of ether oxygens (including phenoxy) is 1. The van der Waals surface area contributed by atoms with Crippen LogP contribution in [0.15, 0.2) is 24.3 Å².